The van der Waals surface area contributed by atoms with Crippen LogP contribution in [-0.4, -0.2) is 25.0 Å². The third-order valence-corrected chi connectivity index (χ3v) is 3.42. The van der Waals surface area contributed by atoms with Crippen molar-refractivity contribution in [2.24, 2.45) is 0 Å². The second kappa shape index (κ2) is 9.41. The van der Waals surface area contributed by atoms with Crippen molar-refractivity contribution in [1.29, 1.82) is 0 Å². The van der Waals surface area contributed by atoms with Gasteiger partial charge in [0.2, 0.25) is 0 Å². The highest BCUT2D eigenvalue weighted by Gasteiger charge is 2.10. The number of hydrogen-bond donors (Lipinski definition) is 2. The number of carbonyl (C=O) groups excluding carboxylic acids is 2. The van der Waals surface area contributed by atoms with Gasteiger partial charge in [0, 0.05) is 0 Å². The summed E-state index contributed by atoms with van der Waals surface area (Å²) in [6.07, 6.45) is 0. The molecule has 0 spiro atoms. The van der Waals surface area contributed by atoms with Gasteiger partial charge in [-0.1, -0.05) is 32.0 Å². The van der Waals surface area contributed by atoms with Crippen molar-refractivity contribution in [3.05, 3.63) is 59.9 Å². The molecule has 0 aliphatic rings. The molecule has 0 aliphatic heterocycles. The lowest BCUT2D eigenvalue weighted by molar-refractivity contribution is -0.131. The fraction of sp³-hybridized carbons (Fsp3) is 0.263. The Bertz CT molecular complexity index is 747. The molecule has 0 aliphatic carbocycles. The van der Waals surface area contributed by atoms with Crippen LogP contribution in [0.3, 0.4) is 0 Å². The molecule has 2 amide bonds. The average Bonchev–Trinajstić information content (AvgIpc) is 2.64. The molecule has 2 aromatic carbocycles. The van der Waals surface area contributed by atoms with Gasteiger partial charge in [-0.25, -0.2) is 4.39 Å². The zero-order chi connectivity index (χ0) is 18.9. The minimum absolute atomic E-state index is 0.233. The van der Waals surface area contributed by atoms with Gasteiger partial charge in [0.25, 0.3) is 11.8 Å². The third-order valence-electron chi connectivity index (χ3n) is 3.42. The summed E-state index contributed by atoms with van der Waals surface area (Å²) in [5, 5.41) is 0. The molecule has 0 atom stereocenters. The first-order chi connectivity index (χ1) is 12.5. The van der Waals surface area contributed by atoms with E-state index in [4.69, 9.17) is 9.47 Å². The van der Waals surface area contributed by atoms with Crippen LogP contribution in [0.4, 0.5) is 4.39 Å². The molecule has 0 bridgehead atoms. The maximum Gasteiger partial charge on any atom is 0.276 e. The number of carbonyl (C=O) groups is 2. The molecule has 7 heteroatoms. The number of para-hydroxylation sites is 1. The molecule has 26 heavy (non-hydrogen) atoms. The van der Waals surface area contributed by atoms with Crippen molar-refractivity contribution < 1.29 is 23.5 Å². The van der Waals surface area contributed by atoms with E-state index in [1.165, 1.54) is 24.3 Å². The summed E-state index contributed by atoms with van der Waals surface area (Å²) >= 11 is 0. The predicted octanol–water partition coefficient (Wildman–Crippen LogP) is 2.55. The van der Waals surface area contributed by atoms with Crippen LogP contribution >= 0.6 is 0 Å². The second-order valence-electron chi connectivity index (χ2n) is 5.82. The van der Waals surface area contributed by atoms with E-state index in [1.54, 1.807) is 6.07 Å². The summed E-state index contributed by atoms with van der Waals surface area (Å²) < 4.78 is 23.4. The maximum absolute atomic E-state index is 12.8. The minimum atomic E-state index is -0.551. The van der Waals surface area contributed by atoms with Crippen LogP contribution in [0.25, 0.3) is 0 Å². The number of benzene rings is 2. The molecule has 0 fully saturated rings. The van der Waals surface area contributed by atoms with Crippen LogP contribution < -0.4 is 20.3 Å². The molecule has 0 unspecified atom stereocenters. The maximum atomic E-state index is 12.8. The van der Waals surface area contributed by atoms with Gasteiger partial charge in [0.15, 0.2) is 13.2 Å². The predicted molar refractivity (Wildman–Crippen MR) is 94.2 cm³/mol. The fourth-order valence-electron chi connectivity index (χ4n) is 2.12. The SMILES string of the molecule is CC(C)c1ccccc1OCC(=O)NNC(=O)COc1ccc(F)cc1. The molecule has 0 saturated carbocycles. The molecule has 0 heterocycles. The van der Waals surface area contributed by atoms with Crippen molar-refractivity contribution in [3.8, 4) is 11.5 Å². The number of rotatable bonds is 7. The minimum Gasteiger partial charge on any atom is -0.484 e. The van der Waals surface area contributed by atoms with Gasteiger partial charge in [-0.15, -0.1) is 0 Å². The highest BCUT2D eigenvalue weighted by molar-refractivity contribution is 5.83. The van der Waals surface area contributed by atoms with Crippen LogP contribution in [0.5, 0.6) is 11.5 Å². The first-order valence-corrected chi connectivity index (χ1v) is 8.13. The molecule has 2 N–H and O–H groups in total. The number of hydrogen-bond acceptors (Lipinski definition) is 4. The van der Waals surface area contributed by atoms with Gasteiger partial charge < -0.3 is 9.47 Å². The van der Waals surface area contributed by atoms with E-state index in [-0.39, 0.29) is 19.1 Å². The van der Waals surface area contributed by atoms with E-state index >= 15 is 0 Å². The van der Waals surface area contributed by atoms with E-state index in [2.05, 4.69) is 10.9 Å². The molecular formula is C19H21FN2O4. The summed E-state index contributed by atoms with van der Waals surface area (Å²) in [5.41, 5.74) is 5.46. The van der Waals surface area contributed by atoms with E-state index in [0.29, 0.717) is 11.5 Å². The van der Waals surface area contributed by atoms with Gasteiger partial charge in [-0.3, -0.25) is 20.4 Å². The van der Waals surface area contributed by atoms with Crippen molar-refractivity contribution >= 4 is 11.8 Å². The zero-order valence-corrected chi connectivity index (χ0v) is 14.6. The standard InChI is InChI=1S/C19H21FN2O4/c1-13(2)16-5-3-4-6-17(16)26-12-19(24)22-21-18(23)11-25-15-9-7-14(20)8-10-15/h3-10,13H,11-12H2,1-2H3,(H,21,23)(H,22,24). The van der Waals surface area contributed by atoms with Crippen molar-refractivity contribution in [2.45, 2.75) is 19.8 Å². The second-order valence-corrected chi connectivity index (χ2v) is 5.82. The van der Waals surface area contributed by atoms with Crippen LogP contribution in [-0.2, 0) is 9.59 Å². The Kier molecular flexibility index (Phi) is 6.96. The normalized spacial score (nSPS) is 10.3. The van der Waals surface area contributed by atoms with Gasteiger partial charge in [0.05, 0.1) is 0 Å². The average molecular weight is 360 g/mol. The van der Waals surface area contributed by atoms with E-state index < -0.39 is 17.6 Å². The fourth-order valence-corrected chi connectivity index (χ4v) is 2.12. The van der Waals surface area contributed by atoms with Crippen molar-refractivity contribution in [2.75, 3.05) is 13.2 Å². The molecule has 0 radical (unpaired) electrons. The molecular weight excluding hydrogens is 339 g/mol. The van der Waals surface area contributed by atoms with E-state index in [0.717, 1.165) is 5.56 Å². The molecule has 2 aromatic rings. The number of hydrazine groups is 1. The Balaban J connectivity index is 1.71. The Morgan fingerprint density at radius 2 is 1.50 bits per heavy atom. The Morgan fingerprint density at radius 1 is 0.923 bits per heavy atom. The molecule has 2 rings (SSSR count). The highest BCUT2D eigenvalue weighted by atomic mass is 19.1. The zero-order valence-electron chi connectivity index (χ0n) is 14.6. The van der Waals surface area contributed by atoms with Gasteiger partial charge >= 0.3 is 0 Å². The van der Waals surface area contributed by atoms with E-state index in [9.17, 15) is 14.0 Å². The number of amides is 2. The molecule has 0 aromatic heterocycles. The number of halogens is 1. The topological polar surface area (TPSA) is 76.7 Å². The number of ether oxygens (including phenoxy) is 2. The first-order valence-electron chi connectivity index (χ1n) is 8.13. The number of nitrogens with one attached hydrogen (secondary N) is 2. The van der Waals surface area contributed by atoms with Crippen LogP contribution in [0.2, 0.25) is 0 Å². The third kappa shape index (κ3) is 6.08. The Hall–Kier alpha value is -3.09. The summed E-state index contributed by atoms with van der Waals surface area (Å²) in [4.78, 5) is 23.4. The van der Waals surface area contributed by atoms with Crippen molar-refractivity contribution in [3.63, 3.8) is 0 Å². The summed E-state index contributed by atoms with van der Waals surface area (Å²) in [6.45, 7) is 3.51. The lowest BCUT2D eigenvalue weighted by Crippen LogP contribution is -2.45. The first kappa shape index (κ1) is 19.2. The summed E-state index contributed by atoms with van der Waals surface area (Å²) in [5.74, 6) is -0.209. The van der Waals surface area contributed by atoms with Crippen LogP contribution in [0.1, 0.15) is 25.3 Å². The van der Waals surface area contributed by atoms with Crippen LogP contribution in [0, 0.1) is 5.82 Å². The monoisotopic (exact) mass is 360 g/mol. The molecule has 0 saturated heterocycles. The van der Waals surface area contributed by atoms with Crippen molar-refractivity contribution in [1.82, 2.24) is 10.9 Å². The smallest absolute Gasteiger partial charge is 0.276 e. The lowest BCUT2D eigenvalue weighted by atomic mass is 10.0. The highest BCUT2D eigenvalue weighted by Crippen LogP contribution is 2.25. The van der Waals surface area contributed by atoms with Gasteiger partial charge in [0.1, 0.15) is 17.3 Å². The summed E-state index contributed by atoms with van der Waals surface area (Å²) in [7, 11) is 0. The quantitative estimate of drug-likeness (QED) is 0.744. The van der Waals surface area contributed by atoms with E-state index in [1.807, 2.05) is 32.0 Å². The molecule has 6 nitrogen and oxygen atoms in total. The summed E-state index contributed by atoms with van der Waals surface area (Å²) in [6, 6.07) is 12.7. The van der Waals surface area contributed by atoms with Gasteiger partial charge in [-0.05, 0) is 41.8 Å². The molecule has 138 valence electrons. The van der Waals surface area contributed by atoms with Crippen LogP contribution in [0.15, 0.2) is 48.5 Å². The largest absolute Gasteiger partial charge is 0.484 e. The Morgan fingerprint density at radius 3 is 2.12 bits per heavy atom. The lowest BCUT2D eigenvalue weighted by Gasteiger charge is -2.14. The Labute approximate surface area is 151 Å². The van der Waals surface area contributed by atoms with Gasteiger partial charge in [-0.2, -0.15) is 0 Å².